The maximum Gasteiger partial charge on any atom is 0.416 e. The van der Waals surface area contributed by atoms with Crippen LogP contribution in [0.4, 0.5) is 17.6 Å². The van der Waals surface area contributed by atoms with Crippen molar-refractivity contribution in [2.24, 2.45) is 7.05 Å². The molecule has 2 heterocycles. The Balaban J connectivity index is 1.61. The van der Waals surface area contributed by atoms with Gasteiger partial charge in [-0.3, -0.25) is 5.10 Å². The number of benzene rings is 3. The number of aryl methyl sites for hydroxylation is 1. The molecule has 0 saturated heterocycles. The lowest BCUT2D eigenvalue weighted by molar-refractivity contribution is -0.137. The molecule has 31 heavy (non-hydrogen) atoms. The van der Waals surface area contributed by atoms with Gasteiger partial charge < -0.3 is 9.30 Å². The second-order valence-corrected chi connectivity index (χ2v) is 7.01. The van der Waals surface area contributed by atoms with Gasteiger partial charge in [-0.1, -0.05) is 12.1 Å². The molecule has 5 nitrogen and oxygen atoms in total. The molecule has 0 unspecified atom stereocenters. The van der Waals surface area contributed by atoms with Crippen LogP contribution in [-0.4, -0.2) is 19.7 Å². The Kier molecular flexibility index (Phi) is 4.21. The van der Waals surface area contributed by atoms with E-state index in [0.717, 1.165) is 12.1 Å². The van der Waals surface area contributed by atoms with E-state index in [2.05, 4.69) is 15.2 Å². The normalized spacial score (nSPS) is 12.0. The monoisotopic (exact) mass is 426 g/mol. The maximum absolute atomic E-state index is 13.9. The highest BCUT2D eigenvalue weighted by molar-refractivity contribution is 5.94. The van der Waals surface area contributed by atoms with Crippen LogP contribution in [0.5, 0.6) is 11.5 Å². The molecular weight excluding hydrogens is 412 g/mol. The first-order valence-corrected chi connectivity index (χ1v) is 9.26. The van der Waals surface area contributed by atoms with Gasteiger partial charge in [-0.05, 0) is 48.5 Å². The number of aromatic amines is 1. The van der Waals surface area contributed by atoms with Gasteiger partial charge in [0.2, 0.25) is 0 Å². The largest absolute Gasteiger partial charge is 0.454 e. The molecule has 9 heteroatoms. The molecule has 0 aliphatic carbocycles. The highest BCUT2D eigenvalue weighted by atomic mass is 19.4. The summed E-state index contributed by atoms with van der Waals surface area (Å²) in [6.07, 6.45) is -4.45. The highest BCUT2D eigenvalue weighted by Crippen LogP contribution is 2.35. The van der Waals surface area contributed by atoms with Crippen LogP contribution in [-0.2, 0) is 13.2 Å². The van der Waals surface area contributed by atoms with Gasteiger partial charge in [0.25, 0.3) is 0 Å². The van der Waals surface area contributed by atoms with E-state index < -0.39 is 17.6 Å². The summed E-state index contributed by atoms with van der Waals surface area (Å²) in [7, 11) is 1.71. The Morgan fingerprint density at radius 2 is 1.81 bits per heavy atom. The number of halogens is 4. The highest BCUT2D eigenvalue weighted by Gasteiger charge is 2.31. The van der Waals surface area contributed by atoms with Gasteiger partial charge in [0.1, 0.15) is 11.4 Å². The fraction of sp³-hybridized carbons (Fsp3) is 0.0909. The van der Waals surface area contributed by atoms with Gasteiger partial charge >= 0.3 is 6.18 Å². The molecular formula is C22H14F4N4O. The van der Waals surface area contributed by atoms with Crippen LogP contribution >= 0.6 is 0 Å². The fourth-order valence-corrected chi connectivity index (χ4v) is 3.47. The van der Waals surface area contributed by atoms with Crippen molar-refractivity contribution in [1.82, 2.24) is 19.7 Å². The molecule has 0 fully saturated rings. The Morgan fingerprint density at radius 1 is 1.00 bits per heavy atom. The van der Waals surface area contributed by atoms with E-state index in [4.69, 9.17) is 4.74 Å². The molecule has 5 aromatic rings. The van der Waals surface area contributed by atoms with E-state index in [9.17, 15) is 17.6 Å². The quantitative estimate of drug-likeness (QED) is 0.357. The van der Waals surface area contributed by atoms with E-state index in [0.29, 0.717) is 33.7 Å². The van der Waals surface area contributed by atoms with Crippen molar-refractivity contribution in [3.63, 3.8) is 0 Å². The van der Waals surface area contributed by atoms with E-state index in [1.807, 2.05) is 0 Å². The number of ether oxygens (including phenoxy) is 1. The Morgan fingerprint density at radius 3 is 2.58 bits per heavy atom. The van der Waals surface area contributed by atoms with Crippen molar-refractivity contribution in [3.8, 4) is 23.0 Å². The van der Waals surface area contributed by atoms with Crippen LogP contribution < -0.4 is 4.74 Å². The number of fused-ring (bicyclic) bond motifs is 2. The third kappa shape index (κ3) is 3.27. The zero-order valence-corrected chi connectivity index (χ0v) is 16.0. The zero-order chi connectivity index (χ0) is 21.8. The van der Waals surface area contributed by atoms with Crippen molar-refractivity contribution in [3.05, 3.63) is 72.0 Å². The molecule has 5 rings (SSSR count). The van der Waals surface area contributed by atoms with Gasteiger partial charge in [-0.15, -0.1) is 0 Å². The van der Waals surface area contributed by atoms with E-state index in [1.165, 1.54) is 18.2 Å². The molecule has 0 radical (unpaired) electrons. The van der Waals surface area contributed by atoms with Crippen molar-refractivity contribution in [1.29, 1.82) is 0 Å². The molecule has 3 aromatic carbocycles. The van der Waals surface area contributed by atoms with Gasteiger partial charge in [0, 0.05) is 12.4 Å². The number of nitrogens with zero attached hydrogens (tertiary/aromatic N) is 3. The predicted octanol–water partition coefficient (Wildman–Crippen LogP) is 6.07. The lowest BCUT2D eigenvalue weighted by Crippen LogP contribution is -2.04. The third-order valence-electron chi connectivity index (χ3n) is 5.02. The zero-order valence-electron chi connectivity index (χ0n) is 16.0. The Labute approximate surface area is 172 Å². The molecule has 0 aliphatic rings. The second-order valence-electron chi connectivity index (χ2n) is 7.01. The van der Waals surface area contributed by atoms with Crippen molar-refractivity contribution in [2.75, 3.05) is 0 Å². The number of H-pyrrole nitrogens is 1. The molecule has 0 spiro atoms. The SMILES string of the molecule is Cn1c(-c2n[nH]c3ccc(Oc4ccccc4F)cc23)nc2cc(C(F)(F)F)ccc21. The third-order valence-corrected chi connectivity index (χ3v) is 5.02. The number of aromatic nitrogens is 4. The van der Waals surface area contributed by atoms with Crippen molar-refractivity contribution < 1.29 is 22.3 Å². The number of rotatable bonds is 3. The van der Waals surface area contributed by atoms with Gasteiger partial charge in [0.05, 0.1) is 22.1 Å². The molecule has 1 N–H and O–H groups in total. The van der Waals surface area contributed by atoms with Gasteiger partial charge in [-0.2, -0.15) is 18.3 Å². The number of hydrogen-bond donors (Lipinski definition) is 1. The summed E-state index contributed by atoms with van der Waals surface area (Å²) in [5, 5.41) is 7.82. The van der Waals surface area contributed by atoms with Gasteiger partial charge in [-0.25, -0.2) is 9.37 Å². The lowest BCUT2D eigenvalue weighted by atomic mass is 10.2. The van der Waals surface area contributed by atoms with Crippen LogP contribution in [0.2, 0.25) is 0 Å². The van der Waals surface area contributed by atoms with Crippen LogP contribution in [0.25, 0.3) is 33.5 Å². The molecule has 0 atom stereocenters. The topological polar surface area (TPSA) is 55.7 Å². The molecule has 0 amide bonds. The van der Waals surface area contributed by atoms with Crippen molar-refractivity contribution in [2.45, 2.75) is 6.18 Å². The van der Waals surface area contributed by atoms with Crippen LogP contribution in [0.15, 0.2) is 60.7 Å². The summed E-state index contributed by atoms with van der Waals surface area (Å²) in [5.74, 6) is 0.363. The summed E-state index contributed by atoms with van der Waals surface area (Å²) >= 11 is 0. The molecule has 156 valence electrons. The van der Waals surface area contributed by atoms with Crippen LogP contribution in [0.3, 0.4) is 0 Å². The van der Waals surface area contributed by atoms with Crippen molar-refractivity contribution >= 4 is 21.9 Å². The van der Waals surface area contributed by atoms with Gasteiger partial charge in [0.15, 0.2) is 17.4 Å². The minimum Gasteiger partial charge on any atom is -0.454 e. The summed E-state index contributed by atoms with van der Waals surface area (Å²) in [6.45, 7) is 0. The standard InChI is InChI=1S/C22H14F4N4O/c1-30-18-9-6-12(22(24,25)26)10-17(18)27-21(30)20-14-11-13(7-8-16(14)28-29-20)31-19-5-3-2-4-15(19)23/h2-11H,1H3,(H,28,29). The fourth-order valence-electron chi connectivity index (χ4n) is 3.47. The predicted molar refractivity (Wildman–Crippen MR) is 107 cm³/mol. The molecule has 0 bridgehead atoms. The van der Waals surface area contributed by atoms with E-state index in [1.54, 1.807) is 41.9 Å². The Bertz CT molecular complexity index is 1440. The van der Waals surface area contributed by atoms with Crippen LogP contribution in [0, 0.1) is 5.82 Å². The second kappa shape index (κ2) is 6.83. The maximum atomic E-state index is 13.9. The number of imidazole rings is 1. The molecule has 0 saturated carbocycles. The van der Waals surface area contributed by atoms with Crippen LogP contribution in [0.1, 0.15) is 5.56 Å². The molecule has 2 aromatic heterocycles. The Hall–Kier alpha value is -3.88. The summed E-state index contributed by atoms with van der Waals surface area (Å²) in [6, 6.07) is 14.5. The summed E-state index contributed by atoms with van der Waals surface area (Å²) < 4.78 is 60.4. The first kappa shape index (κ1) is 19.1. The van der Waals surface area contributed by atoms with E-state index >= 15 is 0 Å². The summed E-state index contributed by atoms with van der Waals surface area (Å²) in [4.78, 5) is 4.39. The number of nitrogens with one attached hydrogen (secondary N) is 1. The van der Waals surface area contributed by atoms with E-state index in [-0.39, 0.29) is 11.3 Å². The minimum absolute atomic E-state index is 0.0781. The average molecular weight is 426 g/mol. The molecule has 0 aliphatic heterocycles. The first-order valence-electron chi connectivity index (χ1n) is 9.26. The smallest absolute Gasteiger partial charge is 0.416 e. The number of hydrogen-bond acceptors (Lipinski definition) is 3. The summed E-state index contributed by atoms with van der Waals surface area (Å²) in [5.41, 5.74) is 1.11. The number of para-hydroxylation sites is 1. The average Bonchev–Trinajstić information content (AvgIpc) is 3.29. The first-order chi connectivity index (χ1) is 14.8. The lowest BCUT2D eigenvalue weighted by Gasteiger charge is -2.07. The minimum atomic E-state index is -4.45. The number of alkyl halides is 3.